The predicted molar refractivity (Wildman–Crippen MR) is 168 cm³/mol. The molecule has 0 saturated heterocycles. The Morgan fingerprint density at radius 2 is 1.56 bits per heavy atom. The second-order valence-electron chi connectivity index (χ2n) is 9.49. The molecule has 1 aromatic heterocycles. The number of aromatic nitrogens is 2. The normalized spacial score (nSPS) is 11.1. The number of ether oxygens (including phenoxy) is 1. The highest BCUT2D eigenvalue weighted by molar-refractivity contribution is 7.92. The topological polar surface area (TPSA) is 146 Å². The summed E-state index contributed by atoms with van der Waals surface area (Å²) in [5.74, 6) is 0.101. The molecule has 0 atom stereocenters. The fourth-order valence-electron chi connectivity index (χ4n) is 4.39. The number of methoxy groups -OCH3 is 1. The Bertz CT molecular complexity index is 1870. The van der Waals surface area contributed by atoms with Crippen LogP contribution in [0.15, 0.2) is 102 Å². The van der Waals surface area contributed by atoms with Crippen molar-refractivity contribution in [3.05, 3.63) is 97.1 Å². The monoisotopic (exact) mass is 598 g/mol. The first-order chi connectivity index (χ1) is 20.7. The SMILES string of the molecule is CCN(CC(=O)Nc1cccc(S(=O)(=O)Nc2nc3ccccc3nc2Nc2cc(O)cc(OC)c2)c1)c1ccccc1. The predicted octanol–water partition coefficient (Wildman–Crippen LogP) is 5.35. The van der Waals surface area contributed by atoms with Crippen molar-refractivity contribution < 1.29 is 23.1 Å². The van der Waals surface area contributed by atoms with Crippen LogP contribution in [0.25, 0.3) is 11.0 Å². The Morgan fingerprint density at radius 3 is 2.26 bits per heavy atom. The molecule has 0 spiro atoms. The quantitative estimate of drug-likeness (QED) is 0.158. The van der Waals surface area contributed by atoms with Crippen molar-refractivity contribution >= 4 is 55.7 Å². The summed E-state index contributed by atoms with van der Waals surface area (Å²) in [6.45, 7) is 2.67. The zero-order valence-corrected chi connectivity index (χ0v) is 24.3. The van der Waals surface area contributed by atoms with Crippen molar-refractivity contribution in [2.75, 3.05) is 40.5 Å². The number of fused-ring (bicyclic) bond motifs is 1. The number of nitrogens with one attached hydrogen (secondary N) is 3. The van der Waals surface area contributed by atoms with Gasteiger partial charge >= 0.3 is 0 Å². The van der Waals surface area contributed by atoms with Gasteiger partial charge in [0.1, 0.15) is 11.5 Å². The molecule has 0 saturated carbocycles. The van der Waals surface area contributed by atoms with Gasteiger partial charge in [0.05, 0.1) is 29.6 Å². The van der Waals surface area contributed by atoms with Crippen LogP contribution in [0, 0.1) is 0 Å². The van der Waals surface area contributed by atoms with E-state index >= 15 is 0 Å². The van der Waals surface area contributed by atoms with Crippen molar-refractivity contribution in [1.82, 2.24) is 9.97 Å². The lowest BCUT2D eigenvalue weighted by Crippen LogP contribution is -2.33. The average molecular weight is 599 g/mol. The van der Waals surface area contributed by atoms with Crippen molar-refractivity contribution in [3.8, 4) is 11.5 Å². The molecular formula is C31H30N6O5S. The number of sulfonamides is 1. The van der Waals surface area contributed by atoms with E-state index in [1.165, 1.54) is 31.4 Å². The maximum atomic E-state index is 13.6. The molecule has 12 heteroatoms. The van der Waals surface area contributed by atoms with Crippen molar-refractivity contribution in [3.63, 3.8) is 0 Å². The number of aromatic hydroxyl groups is 1. The third kappa shape index (κ3) is 7.11. The van der Waals surface area contributed by atoms with E-state index in [4.69, 9.17) is 4.74 Å². The van der Waals surface area contributed by atoms with Crippen LogP contribution in [-0.4, -0.2) is 49.6 Å². The minimum Gasteiger partial charge on any atom is -0.508 e. The van der Waals surface area contributed by atoms with Gasteiger partial charge in [-0.2, -0.15) is 0 Å². The van der Waals surface area contributed by atoms with Gasteiger partial charge in [0, 0.05) is 41.8 Å². The highest BCUT2D eigenvalue weighted by Gasteiger charge is 2.20. The van der Waals surface area contributed by atoms with Gasteiger partial charge in [-0.1, -0.05) is 36.4 Å². The molecule has 0 aliphatic rings. The maximum Gasteiger partial charge on any atom is 0.263 e. The number of amides is 1. The maximum absolute atomic E-state index is 13.6. The Morgan fingerprint density at radius 1 is 0.860 bits per heavy atom. The first-order valence-electron chi connectivity index (χ1n) is 13.4. The molecule has 5 aromatic rings. The summed E-state index contributed by atoms with van der Waals surface area (Å²) in [6, 6.07) is 27.0. The van der Waals surface area contributed by atoms with E-state index in [9.17, 15) is 18.3 Å². The molecule has 1 heterocycles. The van der Waals surface area contributed by atoms with Crippen molar-refractivity contribution in [2.45, 2.75) is 11.8 Å². The smallest absolute Gasteiger partial charge is 0.263 e. The molecule has 0 aliphatic heterocycles. The van der Waals surface area contributed by atoms with Gasteiger partial charge in [-0.3, -0.25) is 9.52 Å². The van der Waals surface area contributed by atoms with Crippen LogP contribution in [0.2, 0.25) is 0 Å². The van der Waals surface area contributed by atoms with Gasteiger partial charge in [0.15, 0.2) is 11.6 Å². The number of benzene rings is 4. The molecule has 11 nitrogen and oxygen atoms in total. The number of nitrogens with zero attached hydrogens (tertiary/aromatic N) is 3. The van der Waals surface area contributed by atoms with E-state index in [0.29, 0.717) is 34.7 Å². The van der Waals surface area contributed by atoms with Crippen LogP contribution in [0.5, 0.6) is 11.5 Å². The number of hydrogen-bond acceptors (Lipinski definition) is 9. The number of rotatable bonds is 11. The number of phenolic OH excluding ortho intramolecular Hbond substituents is 1. The number of likely N-dealkylation sites (N-methyl/N-ethyl adjacent to an activating group) is 1. The molecule has 0 aliphatic carbocycles. The Hall–Kier alpha value is -5.36. The first-order valence-corrected chi connectivity index (χ1v) is 14.9. The second-order valence-corrected chi connectivity index (χ2v) is 11.2. The summed E-state index contributed by atoms with van der Waals surface area (Å²) in [6.07, 6.45) is 0. The zero-order chi connectivity index (χ0) is 30.4. The van der Waals surface area contributed by atoms with E-state index in [2.05, 4.69) is 25.3 Å². The molecular weight excluding hydrogens is 568 g/mol. The van der Waals surface area contributed by atoms with Crippen molar-refractivity contribution in [1.29, 1.82) is 0 Å². The minimum atomic E-state index is -4.18. The molecule has 220 valence electrons. The van der Waals surface area contributed by atoms with Gasteiger partial charge in [-0.15, -0.1) is 0 Å². The van der Waals surface area contributed by atoms with Crippen LogP contribution in [0.1, 0.15) is 6.92 Å². The van der Waals surface area contributed by atoms with E-state index in [-0.39, 0.29) is 34.7 Å². The summed E-state index contributed by atoms with van der Waals surface area (Å²) in [7, 11) is -2.71. The van der Waals surface area contributed by atoms with Gasteiger partial charge in [0.25, 0.3) is 10.0 Å². The molecule has 0 bridgehead atoms. The number of phenols is 1. The average Bonchev–Trinajstić information content (AvgIpc) is 3.00. The van der Waals surface area contributed by atoms with Crippen LogP contribution in [0.3, 0.4) is 0 Å². The summed E-state index contributed by atoms with van der Waals surface area (Å²) in [5, 5.41) is 15.9. The molecule has 43 heavy (non-hydrogen) atoms. The van der Waals surface area contributed by atoms with Gasteiger partial charge in [-0.25, -0.2) is 18.4 Å². The van der Waals surface area contributed by atoms with Crippen LogP contribution in [-0.2, 0) is 14.8 Å². The van der Waals surface area contributed by atoms with Gasteiger partial charge < -0.3 is 25.4 Å². The molecule has 0 fully saturated rings. The standard InChI is InChI=1S/C31H30N6O5S/c1-3-37(23-11-5-4-6-12-23)20-29(39)32-21-10-9-13-26(18-21)43(40,41)36-31-30(34-27-14-7-8-15-28(27)35-31)33-22-16-24(38)19-25(17-22)42-2/h4-19,38H,3,20H2,1-2H3,(H,32,39)(H,33,34)(H,35,36). The Labute approximate surface area is 249 Å². The largest absolute Gasteiger partial charge is 0.508 e. The van der Waals surface area contributed by atoms with E-state index in [0.717, 1.165) is 5.69 Å². The minimum absolute atomic E-state index is 0.0533. The van der Waals surface area contributed by atoms with Crippen LogP contribution < -0.4 is 25.0 Å². The lowest BCUT2D eigenvalue weighted by atomic mass is 10.2. The molecule has 4 N–H and O–H groups in total. The van der Waals surface area contributed by atoms with Gasteiger partial charge in [-0.05, 0) is 49.4 Å². The number of carbonyl (C=O) groups excluding carboxylic acids is 1. The third-order valence-corrected chi connectivity index (χ3v) is 7.79. The van der Waals surface area contributed by atoms with E-state index in [1.807, 2.05) is 42.2 Å². The molecule has 4 aromatic carbocycles. The second kappa shape index (κ2) is 12.7. The lowest BCUT2D eigenvalue weighted by Gasteiger charge is -2.22. The Balaban J connectivity index is 1.40. The zero-order valence-electron chi connectivity index (χ0n) is 23.5. The van der Waals surface area contributed by atoms with E-state index < -0.39 is 10.0 Å². The van der Waals surface area contributed by atoms with Crippen LogP contribution in [0.4, 0.5) is 28.7 Å². The number of anilines is 5. The third-order valence-electron chi connectivity index (χ3n) is 6.46. The number of para-hydroxylation sites is 3. The highest BCUT2D eigenvalue weighted by Crippen LogP contribution is 2.31. The number of carbonyl (C=O) groups is 1. The highest BCUT2D eigenvalue weighted by atomic mass is 32.2. The summed E-state index contributed by atoms with van der Waals surface area (Å²) < 4.78 is 34.9. The van der Waals surface area contributed by atoms with E-state index in [1.54, 1.807) is 42.5 Å². The summed E-state index contributed by atoms with van der Waals surface area (Å²) in [4.78, 5) is 23.7. The first kappa shape index (κ1) is 29.1. The molecule has 1 amide bonds. The van der Waals surface area contributed by atoms with Crippen LogP contribution >= 0.6 is 0 Å². The summed E-state index contributed by atoms with van der Waals surface area (Å²) >= 11 is 0. The fraction of sp³-hybridized carbons (Fsp3) is 0.129. The van der Waals surface area contributed by atoms with Gasteiger partial charge in [0.2, 0.25) is 5.91 Å². The summed E-state index contributed by atoms with van der Waals surface area (Å²) in [5.41, 5.74) is 2.64. The molecule has 0 radical (unpaired) electrons. The molecule has 0 unspecified atom stereocenters. The fourth-order valence-corrected chi connectivity index (χ4v) is 5.45. The lowest BCUT2D eigenvalue weighted by molar-refractivity contribution is -0.115. The molecule has 5 rings (SSSR count). The number of hydrogen-bond donors (Lipinski definition) is 4. The Kier molecular flexibility index (Phi) is 8.58. The van der Waals surface area contributed by atoms with Crippen molar-refractivity contribution in [2.24, 2.45) is 0 Å².